The van der Waals surface area contributed by atoms with Crippen LogP contribution in [0.15, 0.2) is 0 Å². The van der Waals surface area contributed by atoms with Crippen molar-refractivity contribution in [2.24, 2.45) is 0 Å². The van der Waals surface area contributed by atoms with Crippen LogP contribution in [0.25, 0.3) is 0 Å². The molecule has 0 aromatic carbocycles. The van der Waals surface area contributed by atoms with Gasteiger partial charge in [0.25, 0.3) is 0 Å². The van der Waals surface area contributed by atoms with Crippen molar-refractivity contribution in [1.82, 2.24) is 20.9 Å². The highest BCUT2D eigenvalue weighted by molar-refractivity contribution is 7.80. The molecule has 7 nitrogen and oxygen atoms in total. The van der Waals surface area contributed by atoms with E-state index in [-0.39, 0.29) is 30.1 Å². The van der Waals surface area contributed by atoms with Crippen molar-refractivity contribution < 1.29 is 14.4 Å². The number of nitrogens with zero attached hydrogens (tertiary/aromatic N) is 1. The summed E-state index contributed by atoms with van der Waals surface area (Å²) in [7, 11) is 0. The minimum atomic E-state index is 0. The topological polar surface area (TPSA) is 90.5 Å². The third-order valence-corrected chi connectivity index (χ3v) is 4.89. The zero-order valence-electron chi connectivity index (χ0n) is 17.0. The van der Waals surface area contributed by atoms with E-state index in [1.807, 2.05) is 0 Å². The van der Waals surface area contributed by atoms with E-state index in [9.17, 15) is 14.4 Å². The first-order chi connectivity index (χ1) is 13.5. The number of amides is 3. The molecule has 0 unspecified atom stereocenters. The molecule has 0 aromatic heterocycles. The Balaban J connectivity index is 0. The van der Waals surface area contributed by atoms with Crippen molar-refractivity contribution in [2.75, 3.05) is 56.5 Å². The number of hydrogen-bond acceptors (Lipinski definition) is 7. The van der Waals surface area contributed by atoms with Gasteiger partial charge >= 0.3 is 0 Å². The van der Waals surface area contributed by atoms with Crippen LogP contribution in [0.2, 0.25) is 0 Å². The SMILES string of the molecule is Cl.O=C(CCCS)NCCN(CCNC(=O)CCCS)CCNC(=O)CCCS. The quantitative estimate of drug-likeness (QED) is 0.163. The summed E-state index contributed by atoms with van der Waals surface area (Å²) in [4.78, 5) is 37.2. The first kappa shape index (κ1) is 30.9. The average Bonchev–Trinajstić information content (AvgIpc) is 2.68. The second kappa shape index (κ2) is 22.4. The molecule has 0 saturated carbocycles. The molecule has 0 saturated heterocycles. The Morgan fingerprint density at radius 1 is 0.586 bits per heavy atom. The standard InChI is InChI=1S/C18H36N4O3S3.ClH/c23-16(4-1-13-26)19-7-10-22(11-8-20-17(24)5-2-14-27)12-9-21-18(25)6-3-15-28;/h26-28H,1-15H2,(H,19,23)(H,20,24)(H,21,25);1H. The fourth-order valence-corrected chi connectivity index (χ4v) is 2.85. The van der Waals surface area contributed by atoms with Gasteiger partial charge in [0.1, 0.15) is 0 Å². The maximum atomic E-state index is 11.7. The Hall–Kier alpha value is -0.290. The lowest BCUT2D eigenvalue weighted by molar-refractivity contribution is -0.121. The second-order valence-corrected chi connectivity index (χ2v) is 7.71. The molecule has 172 valence electrons. The Morgan fingerprint density at radius 2 is 0.862 bits per heavy atom. The smallest absolute Gasteiger partial charge is 0.220 e. The molecule has 0 aliphatic carbocycles. The van der Waals surface area contributed by atoms with Gasteiger partial charge in [-0.1, -0.05) is 0 Å². The van der Waals surface area contributed by atoms with Crippen LogP contribution in [-0.4, -0.2) is 79.1 Å². The molecule has 0 spiro atoms. The minimum absolute atomic E-state index is 0. The van der Waals surface area contributed by atoms with Gasteiger partial charge in [0.15, 0.2) is 0 Å². The highest BCUT2D eigenvalue weighted by atomic mass is 35.5. The van der Waals surface area contributed by atoms with E-state index in [1.165, 1.54) is 0 Å². The molecule has 11 heteroatoms. The van der Waals surface area contributed by atoms with Crippen LogP contribution < -0.4 is 16.0 Å². The van der Waals surface area contributed by atoms with Gasteiger partial charge in [0, 0.05) is 58.5 Å². The number of carbonyl (C=O) groups is 3. The highest BCUT2D eigenvalue weighted by Crippen LogP contribution is 1.94. The number of nitrogens with one attached hydrogen (secondary N) is 3. The molecule has 0 bridgehead atoms. The van der Waals surface area contributed by atoms with Crippen molar-refractivity contribution in [3.05, 3.63) is 0 Å². The number of rotatable bonds is 18. The Kier molecular flexibility index (Phi) is 23.9. The normalized spacial score (nSPS) is 10.3. The van der Waals surface area contributed by atoms with Gasteiger partial charge in [-0.25, -0.2) is 0 Å². The molecule has 0 aliphatic rings. The van der Waals surface area contributed by atoms with Crippen LogP contribution in [0, 0.1) is 0 Å². The maximum absolute atomic E-state index is 11.7. The molecule has 0 fully saturated rings. The fraction of sp³-hybridized carbons (Fsp3) is 0.833. The first-order valence-corrected chi connectivity index (χ1v) is 11.8. The van der Waals surface area contributed by atoms with E-state index in [1.54, 1.807) is 0 Å². The summed E-state index contributed by atoms with van der Waals surface area (Å²) in [6.07, 6.45) is 3.71. The lowest BCUT2D eigenvalue weighted by atomic mass is 10.3. The Labute approximate surface area is 197 Å². The summed E-state index contributed by atoms with van der Waals surface area (Å²) < 4.78 is 0. The predicted octanol–water partition coefficient (Wildman–Crippen LogP) is 1.19. The van der Waals surface area contributed by atoms with Gasteiger partial charge < -0.3 is 16.0 Å². The molecule has 0 aliphatic heterocycles. The van der Waals surface area contributed by atoms with Gasteiger partial charge in [-0.05, 0) is 36.5 Å². The van der Waals surface area contributed by atoms with Crippen LogP contribution in [-0.2, 0) is 14.4 Å². The van der Waals surface area contributed by atoms with E-state index < -0.39 is 0 Å². The third kappa shape index (κ3) is 20.8. The van der Waals surface area contributed by atoms with Gasteiger partial charge in [-0.2, -0.15) is 37.9 Å². The third-order valence-electron chi connectivity index (χ3n) is 3.94. The van der Waals surface area contributed by atoms with E-state index >= 15 is 0 Å². The zero-order chi connectivity index (χ0) is 21.0. The van der Waals surface area contributed by atoms with E-state index in [0.29, 0.717) is 75.8 Å². The van der Waals surface area contributed by atoms with Crippen LogP contribution >= 0.6 is 50.3 Å². The Morgan fingerprint density at radius 3 is 1.10 bits per heavy atom. The van der Waals surface area contributed by atoms with E-state index in [2.05, 4.69) is 58.7 Å². The van der Waals surface area contributed by atoms with Crippen LogP contribution in [0.5, 0.6) is 0 Å². The van der Waals surface area contributed by atoms with Gasteiger partial charge in [0.05, 0.1) is 0 Å². The van der Waals surface area contributed by atoms with Crippen molar-refractivity contribution in [3.8, 4) is 0 Å². The molecule has 3 amide bonds. The average molecular weight is 489 g/mol. The summed E-state index contributed by atoms with van der Waals surface area (Å²) in [5.74, 6) is 2.15. The highest BCUT2D eigenvalue weighted by Gasteiger charge is 2.08. The summed E-state index contributed by atoms with van der Waals surface area (Å²) in [6, 6.07) is 0. The summed E-state index contributed by atoms with van der Waals surface area (Å²) in [6.45, 7) is 3.58. The maximum Gasteiger partial charge on any atom is 0.220 e. The van der Waals surface area contributed by atoms with Crippen molar-refractivity contribution in [1.29, 1.82) is 0 Å². The van der Waals surface area contributed by atoms with Crippen molar-refractivity contribution >= 4 is 68.0 Å². The molecule has 3 N–H and O–H groups in total. The molecule has 0 radical (unpaired) electrons. The number of hydrogen-bond donors (Lipinski definition) is 6. The molecule has 29 heavy (non-hydrogen) atoms. The number of halogens is 1. The van der Waals surface area contributed by atoms with Gasteiger partial charge in [-0.15, -0.1) is 12.4 Å². The monoisotopic (exact) mass is 488 g/mol. The Bertz CT molecular complexity index is 387. The molecular weight excluding hydrogens is 452 g/mol. The summed E-state index contributed by atoms with van der Waals surface area (Å²) in [5, 5.41) is 8.69. The molecule has 0 rings (SSSR count). The zero-order valence-corrected chi connectivity index (χ0v) is 20.5. The lowest BCUT2D eigenvalue weighted by Crippen LogP contribution is -2.43. The molecule has 0 aromatic rings. The molecule has 0 atom stereocenters. The second-order valence-electron chi connectivity index (χ2n) is 6.37. The van der Waals surface area contributed by atoms with Gasteiger partial charge in [0.2, 0.25) is 17.7 Å². The van der Waals surface area contributed by atoms with E-state index in [4.69, 9.17) is 0 Å². The van der Waals surface area contributed by atoms with E-state index in [0.717, 1.165) is 19.3 Å². The minimum Gasteiger partial charge on any atom is -0.355 e. The van der Waals surface area contributed by atoms with Crippen LogP contribution in [0.4, 0.5) is 0 Å². The van der Waals surface area contributed by atoms with Crippen LogP contribution in [0.1, 0.15) is 38.5 Å². The van der Waals surface area contributed by atoms with Crippen molar-refractivity contribution in [3.63, 3.8) is 0 Å². The predicted molar refractivity (Wildman–Crippen MR) is 132 cm³/mol. The van der Waals surface area contributed by atoms with Gasteiger partial charge in [-0.3, -0.25) is 19.3 Å². The van der Waals surface area contributed by atoms with Crippen LogP contribution in [0.3, 0.4) is 0 Å². The summed E-state index contributed by atoms with van der Waals surface area (Å²) >= 11 is 12.3. The summed E-state index contributed by atoms with van der Waals surface area (Å²) in [5.41, 5.74) is 0. The van der Waals surface area contributed by atoms with Crippen molar-refractivity contribution in [2.45, 2.75) is 38.5 Å². The lowest BCUT2D eigenvalue weighted by Gasteiger charge is -2.23. The first-order valence-electron chi connectivity index (χ1n) is 9.88. The molecular formula is C18H37ClN4O3S3. The molecule has 0 heterocycles. The number of thiol groups is 3. The number of carbonyl (C=O) groups excluding carboxylic acids is 3. The fourth-order valence-electron chi connectivity index (χ4n) is 2.38. The largest absolute Gasteiger partial charge is 0.355 e.